The molecular weight excluding hydrogens is 366 g/mol. The predicted molar refractivity (Wildman–Crippen MR) is 93.5 cm³/mol. The lowest BCUT2D eigenvalue weighted by molar-refractivity contribution is -0.727. The Morgan fingerprint density at radius 1 is 1.00 bits per heavy atom. The van der Waals surface area contributed by atoms with Crippen LogP contribution >= 0.6 is 11.3 Å². The number of benzene rings is 1. The van der Waals surface area contributed by atoms with Crippen molar-refractivity contribution in [2.45, 2.75) is 23.8 Å². The quantitative estimate of drug-likeness (QED) is 0.477. The van der Waals surface area contributed by atoms with Crippen LogP contribution in [0.4, 0.5) is 0 Å². The lowest BCUT2D eigenvalue weighted by atomic mass is 9.57. The van der Waals surface area contributed by atoms with Crippen LogP contribution in [0.15, 0.2) is 60.4 Å². The van der Waals surface area contributed by atoms with Crippen molar-refractivity contribution in [2.24, 2.45) is 0 Å². The molecule has 1 aliphatic carbocycles. The van der Waals surface area contributed by atoms with Crippen molar-refractivity contribution in [2.75, 3.05) is 0 Å². The van der Waals surface area contributed by atoms with E-state index in [1.807, 2.05) is 23.7 Å². The molecule has 7 heteroatoms. The van der Waals surface area contributed by atoms with Crippen molar-refractivity contribution in [3.8, 4) is 0 Å². The average molecular weight is 382 g/mol. The van der Waals surface area contributed by atoms with Crippen LogP contribution in [-0.4, -0.2) is 20.4 Å². The number of hydrogen-bond acceptors (Lipinski definition) is 3. The molecule has 0 saturated heterocycles. The van der Waals surface area contributed by atoms with Gasteiger partial charge in [-0.15, -0.1) is 0 Å². The fourth-order valence-corrected chi connectivity index (χ4v) is 6.03. The summed E-state index contributed by atoms with van der Waals surface area (Å²) < 4.78 is 2.46. The average Bonchev–Trinajstić information content (AvgIpc) is 3.44. The SMILES string of the molecule is [Cl-].c1ccc2c(c1)C1CC(c3ccn[nH]3)(c3ccn[nH]3)C2c2scc[n+]21. The number of aromatic nitrogens is 5. The van der Waals surface area contributed by atoms with Crippen LogP contribution < -0.4 is 17.0 Å². The summed E-state index contributed by atoms with van der Waals surface area (Å²) in [5.41, 5.74) is 4.97. The highest BCUT2D eigenvalue weighted by Crippen LogP contribution is 2.59. The molecule has 1 aromatic carbocycles. The monoisotopic (exact) mass is 381 g/mol. The summed E-state index contributed by atoms with van der Waals surface area (Å²) in [4.78, 5) is 0. The largest absolute Gasteiger partial charge is 1.00 e. The Labute approximate surface area is 160 Å². The Morgan fingerprint density at radius 2 is 1.69 bits per heavy atom. The van der Waals surface area contributed by atoms with E-state index in [0.717, 1.165) is 17.8 Å². The first-order valence-corrected chi connectivity index (χ1v) is 9.34. The van der Waals surface area contributed by atoms with E-state index >= 15 is 0 Å². The molecule has 0 amide bonds. The van der Waals surface area contributed by atoms with Crippen molar-refractivity contribution >= 4 is 11.3 Å². The van der Waals surface area contributed by atoms with Crippen LogP contribution in [0.25, 0.3) is 0 Å². The molecule has 0 radical (unpaired) electrons. The lowest BCUT2D eigenvalue weighted by Crippen LogP contribution is -3.00. The predicted octanol–water partition coefficient (Wildman–Crippen LogP) is -0.0895. The number of H-pyrrole nitrogens is 2. The first-order chi connectivity index (χ1) is 12.4. The Hall–Kier alpha value is -2.44. The second-order valence-corrected chi connectivity index (χ2v) is 7.77. The maximum atomic E-state index is 4.27. The molecule has 7 rings (SSSR count). The van der Waals surface area contributed by atoms with Gasteiger partial charge in [-0.1, -0.05) is 35.6 Å². The molecule has 2 aliphatic heterocycles. The van der Waals surface area contributed by atoms with Gasteiger partial charge in [-0.25, -0.2) is 0 Å². The molecule has 3 aliphatic rings. The third-order valence-corrected chi connectivity index (χ3v) is 6.83. The van der Waals surface area contributed by atoms with E-state index in [-0.39, 0.29) is 23.7 Å². The van der Waals surface area contributed by atoms with E-state index in [1.165, 1.54) is 16.1 Å². The molecule has 0 fully saturated rings. The first-order valence-electron chi connectivity index (χ1n) is 8.46. The van der Waals surface area contributed by atoms with Crippen molar-refractivity contribution in [1.82, 2.24) is 20.4 Å². The van der Waals surface area contributed by atoms with Crippen LogP contribution in [0, 0.1) is 0 Å². The number of thiazole rings is 1. The molecular formula is C19H16ClN5S. The van der Waals surface area contributed by atoms with Gasteiger partial charge in [-0.05, 0) is 17.7 Å². The number of aromatic amines is 2. The minimum atomic E-state index is -0.198. The highest BCUT2D eigenvalue weighted by Gasteiger charge is 2.61. The van der Waals surface area contributed by atoms with Crippen LogP contribution in [0.3, 0.4) is 0 Å². The number of fused-ring (bicyclic) bond motifs is 1. The molecule has 0 saturated carbocycles. The number of halogens is 1. The number of nitrogens with one attached hydrogen (secondary N) is 2. The van der Waals surface area contributed by atoms with Crippen molar-refractivity contribution in [3.63, 3.8) is 0 Å². The molecule has 130 valence electrons. The molecule has 3 aromatic heterocycles. The molecule has 2 unspecified atom stereocenters. The summed E-state index contributed by atoms with van der Waals surface area (Å²) in [7, 11) is 0. The van der Waals surface area contributed by atoms with Gasteiger partial charge in [0.05, 0.1) is 16.7 Å². The van der Waals surface area contributed by atoms with Gasteiger partial charge in [0.25, 0.3) is 0 Å². The molecule has 2 N–H and O–H groups in total. The summed E-state index contributed by atoms with van der Waals surface area (Å²) in [5.74, 6) is 0.245. The minimum Gasteiger partial charge on any atom is -1.00 e. The van der Waals surface area contributed by atoms with Crippen LogP contribution in [0.5, 0.6) is 0 Å². The third-order valence-electron chi connectivity index (χ3n) is 5.88. The second kappa shape index (κ2) is 5.53. The smallest absolute Gasteiger partial charge is 0.246 e. The molecule has 5 heterocycles. The highest BCUT2D eigenvalue weighted by molar-refractivity contribution is 7.09. The zero-order valence-electron chi connectivity index (χ0n) is 13.8. The fraction of sp³-hybridized carbons (Fsp3) is 0.211. The van der Waals surface area contributed by atoms with E-state index < -0.39 is 0 Å². The molecule has 26 heavy (non-hydrogen) atoms. The lowest BCUT2D eigenvalue weighted by Gasteiger charge is -2.46. The van der Waals surface area contributed by atoms with Gasteiger partial charge >= 0.3 is 0 Å². The molecule has 2 atom stereocenters. The van der Waals surface area contributed by atoms with E-state index in [4.69, 9.17) is 0 Å². The Kier molecular flexibility index (Phi) is 3.36. The molecule has 5 nitrogen and oxygen atoms in total. The normalized spacial score (nSPS) is 21.7. The van der Waals surface area contributed by atoms with Crippen molar-refractivity contribution < 1.29 is 17.0 Å². The van der Waals surface area contributed by atoms with Gasteiger partial charge in [-0.3, -0.25) is 10.2 Å². The standard InChI is InChI=1S/C19H16N5S.ClH/c1-2-4-13-12(3-1)14-11-19(15-5-7-20-22-15,16-6-8-21-23-16)17(13)18-24(14)9-10-25-18;/h1-10,14,17H,11H2,(H,20,22)(H,21,23);1H/q+1;/p-1. The number of nitrogens with zero attached hydrogens (tertiary/aromatic N) is 3. The van der Waals surface area contributed by atoms with Crippen LogP contribution in [0.1, 0.15) is 45.9 Å². The van der Waals surface area contributed by atoms with Gasteiger partial charge in [0, 0.05) is 35.8 Å². The van der Waals surface area contributed by atoms with Gasteiger partial charge in [0.1, 0.15) is 0 Å². The summed E-state index contributed by atoms with van der Waals surface area (Å²) in [6.07, 6.45) is 6.93. The zero-order chi connectivity index (χ0) is 16.4. The maximum Gasteiger partial charge on any atom is 0.246 e. The Bertz CT molecular complexity index is 1020. The van der Waals surface area contributed by atoms with Gasteiger partial charge < -0.3 is 12.4 Å². The fourth-order valence-electron chi connectivity index (χ4n) is 4.93. The van der Waals surface area contributed by atoms with Gasteiger partial charge in [-0.2, -0.15) is 14.8 Å². The molecule has 0 spiro atoms. The van der Waals surface area contributed by atoms with E-state index in [9.17, 15) is 0 Å². The third kappa shape index (κ3) is 1.78. The Morgan fingerprint density at radius 3 is 2.35 bits per heavy atom. The maximum absolute atomic E-state index is 4.27. The van der Waals surface area contributed by atoms with Gasteiger partial charge in [0.15, 0.2) is 12.2 Å². The molecule has 2 bridgehead atoms. The van der Waals surface area contributed by atoms with Crippen LogP contribution in [-0.2, 0) is 5.41 Å². The second-order valence-electron chi connectivity index (χ2n) is 6.84. The first kappa shape index (κ1) is 15.8. The van der Waals surface area contributed by atoms with Crippen LogP contribution in [0.2, 0.25) is 0 Å². The summed E-state index contributed by atoms with van der Waals surface area (Å²) in [5, 5.41) is 18.7. The zero-order valence-corrected chi connectivity index (χ0v) is 15.3. The minimum absolute atomic E-state index is 0. The highest BCUT2D eigenvalue weighted by atomic mass is 35.5. The number of rotatable bonds is 2. The Balaban J connectivity index is 0.00000150. The summed E-state index contributed by atoms with van der Waals surface area (Å²) >= 11 is 1.84. The van der Waals surface area contributed by atoms with Crippen molar-refractivity contribution in [3.05, 3.63) is 87.9 Å². The van der Waals surface area contributed by atoms with Crippen molar-refractivity contribution in [1.29, 1.82) is 0 Å². The molecule has 4 aromatic rings. The number of hydrogen-bond donors (Lipinski definition) is 2. The van der Waals surface area contributed by atoms with Gasteiger partial charge in [0.2, 0.25) is 5.01 Å². The topological polar surface area (TPSA) is 61.2 Å². The van der Waals surface area contributed by atoms with E-state index in [1.54, 1.807) is 0 Å². The summed E-state index contributed by atoms with van der Waals surface area (Å²) in [6.45, 7) is 0. The summed E-state index contributed by atoms with van der Waals surface area (Å²) in [6, 6.07) is 13.4. The van der Waals surface area contributed by atoms with E-state index in [2.05, 4.69) is 72.9 Å². The van der Waals surface area contributed by atoms with E-state index in [0.29, 0.717) is 6.04 Å².